The highest BCUT2D eigenvalue weighted by molar-refractivity contribution is 7.89. The van der Waals surface area contributed by atoms with Crippen molar-refractivity contribution in [3.8, 4) is 0 Å². The van der Waals surface area contributed by atoms with Gasteiger partial charge < -0.3 is 5.32 Å². The molecule has 1 aliphatic heterocycles. The van der Waals surface area contributed by atoms with Crippen molar-refractivity contribution in [1.82, 2.24) is 9.62 Å². The molecule has 0 amide bonds. The van der Waals surface area contributed by atoms with Gasteiger partial charge in [0.2, 0.25) is 10.0 Å². The fraction of sp³-hybridized carbons (Fsp3) is 0.571. The average Bonchev–Trinajstić information content (AvgIpc) is 2.44. The predicted molar refractivity (Wildman–Crippen MR) is 86.5 cm³/mol. The van der Waals surface area contributed by atoms with Gasteiger partial charge in [0, 0.05) is 22.6 Å². The quantitative estimate of drug-likeness (QED) is 0.887. The third kappa shape index (κ3) is 4.11. The lowest BCUT2D eigenvalue weighted by Crippen LogP contribution is -2.46. The molecule has 0 radical (unpaired) electrons. The van der Waals surface area contributed by atoms with Gasteiger partial charge in [0.15, 0.2) is 0 Å². The zero-order valence-electron chi connectivity index (χ0n) is 12.0. The summed E-state index contributed by atoms with van der Waals surface area (Å²) < 4.78 is 27.4. The molecule has 7 heteroatoms. The van der Waals surface area contributed by atoms with Crippen molar-refractivity contribution in [2.75, 3.05) is 19.6 Å². The molecular formula is C14H20Cl2N2O2S. The predicted octanol–water partition coefficient (Wildman–Crippen LogP) is 3.15. The van der Waals surface area contributed by atoms with E-state index in [0.29, 0.717) is 16.6 Å². The molecule has 0 bridgehead atoms. The Labute approximate surface area is 136 Å². The first-order chi connectivity index (χ1) is 9.95. The molecule has 0 atom stereocenters. The van der Waals surface area contributed by atoms with Gasteiger partial charge in [-0.15, -0.1) is 0 Å². The van der Waals surface area contributed by atoms with E-state index in [4.69, 9.17) is 23.2 Å². The van der Waals surface area contributed by atoms with Crippen LogP contribution in [0, 0.1) is 0 Å². The zero-order chi connectivity index (χ0) is 15.5. The Balaban J connectivity index is 2.36. The van der Waals surface area contributed by atoms with Crippen molar-refractivity contribution in [2.45, 2.75) is 37.1 Å². The van der Waals surface area contributed by atoms with E-state index in [1.165, 1.54) is 18.2 Å². The number of hydrogen-bond donors (Lipinski definition) is 1. The van der Waals surface area contributed by atoms with Crippen molar-refractivity contribution < 1.29 is 8.42 Å². The topological polar surface area (TPSA) is 49.4 Å². The molecule has 4 nitrogen and oxygen atoms in total. The number of benzene rings is 1. The highest BCUT2D eigenvalue weighted by atomic mass is 35.5. The Kier molecular flexibility index (Phi) is 5.91. The number of piperidine rings is 1. The number of nitrogens with one attached hydrogen (secondary N) is 1. The fourth-order valence-electron chi connectivity index (χ4n) is 2.63. The van der Waals surface area contributed by atoms with E-state index in [0.717, 1.165) is 32.4 Å². The standard InChI is InChI=1S/C14H20Cl2N2O2S/c1-2-7-18(13-3-5-17-6-4-13)21(19,20)14-9-11(15)8-12(16)10-14/h8-10,13,17H,2-7H2,1H3. The van der Waals surface area contributed by atoms with E-state index in [2.05, 4.69) is 5.32 Å². The molecule has 1 aliphatic rings. The number of rotatable bonds is 5. The number of sulfonamides is 1. The van der Waals surface area contributed by atoms with Crippen LogP contribution in [0.25, 0.3) is 0 Å². The molecule has 0 spiro atoms. The molecule has 0 aliphatic carbocycles. The van der Waals surface area contributed by atoms with E-state index >= 15 is 0 Å². The van der Waals surface area contributed by atoms with E-state index in [-0.39, 0.29) is 10.9 Å². The van der Waals surface area contributed by atoms with Crippen LogP contribution in [-0.2, 0) is 10.0 Å². The summed E-state index contributed by atoms with van der Waals surface area (Å²) in [5, 5.41) is 3.93. The normalized spacial score (nSPS) is 17.3. The van der Waals surface area contributed by atoms with E-state index in [1.807, 2.05) is 6.92 Å². The van der Waals surface area contributed by atoms with E-state index in [1.54, 1.807) is 4.31 Å². The summed E-state index contributed by atoms with van der Waals surface area (Å²) in [6, 6.07) is 4.50. The van der Waals surface area contributed by atoms with Crippen molar-refractivity contribution in [3.05, 3.63) is 28.2 Å². The highest BCUT2D eigenvalue weighted by Crippen LogP contribution is 2.27. The summed E-state index contributed by atoms with van der Waals surface area (Å²) >= 11 is 11.9. The van der Waals surface area contributed by atoms with Gasteiger partial charge in [0.25, 0.3) is 0 Å². The molecule has 1 fully saturated rings. The van der Waals surface area contributed by atoms with Gasteiger partial charge in [-0.05, 0) is 50.6 Å². The summed E-state index contributed by atoms with van der Waals surface area (Å²) in [4.78, 5) is 0.173. The lowest BCUT2D eigenvalue weighted by Gasteiger charge is -2.33. The largest absolute Gasteiger partial charge is 0.317 e. The molecule has 1 N–H and O–H groups in total. The summed E-state index contributed by atoms with van der Waals surface area (Å²) in [5.41, 5.74) is 0. The third-order valence-electron chi connectivity index (χ3n) is 3.60. The lowest BCUT2D eigenvalue weighted by molar-refractivity contribution is 0.262. The van der Waals surface area contributed by atoms with E-state index < -0.39 is 10.0 Å². The second-order valence-corrected chi connectivity index (χ2v) is 7.97. The molecule has 1 aromatic rings. The van der Waals surface area contributed by atoms with Gasteiger partial charge in [-0.25, -0.2) is 8.42 Å². The van der Waals surface area contributed by atoms with Crippen LogP contribution in [0.2, 0.25) is 10.0 Å². The number of nitrogens with zero attached hydrogens (tertiary/aromatic N) is 1. The van der Waals surface area contributed by atoms with Gasteiger partial charge in [0.1, 0.15) is 0 Å². The molecule has 21 heavy (non-hydrogen) atoms. The molecule has 0 aromatic heterocycles. The minimum Gasteiger partial charge on any atom is -0.317 e. The maximum absolute atomic E-state index is 12.9. The Hall–Kier alpha value is -0.330. The minimum atomic E-state index is -3.57. The number of halogens is 2. The Bertz CT molecular complexity index is 566. The summed E-state index contributed by atoms with van der Waals surface area (Å²) in [6.07, 6.45) is 2.43. The van der Waals surface area contributed by atoms with Gasteiger partial charge in [-0.3, -0.25) is 0 Å². The molecule has 1 aromatic carbocycles. The average molecular weight is 351 g/mol. The van der Waals surface area contributed by atoms with Crippen LogP contribution >= 0.6 is 23.2 Å². The lowest BCUT2D eigenvalue weighted by atomic mass is 10.1. The smallest absolute Gasteiger partial charge is 0.243 e. The fourth-order valence-corrected chi connectivity index (χ4v) is 5.13. The Morgan fingerprint density at radius 3 is 2.29 bits per heavy atom. The molecule has 0 saturated carbocycles. The second-order valence-electron chi connectivity index (χ2n) is 5.20. The molecule has 0 unspecified atom stereocenters. The van der Waals surface area contributed by atoms with Crippen LogP contribution in [0.3, 0.4) is 0 Å². The minimum absolute atomic E-state index is 0.0361. The molecule has 1 saturated heterocycles. The third-order valence-corrected chi connectivity index (χ3v) is 5.97. The van der Waals surface area contributed by atoms with Crippen LogP contribution in [0.1, 0.15) is 26.2 Å². The SMILES string of the molecule is CCCN(C1CCNCC1)S(=O)(=O)c1cc(Cl)cc(Cl)c1. The molecule has 2 rings (SSSR count). The Morgan fingerprint density at radius 2 is 1.76 bits per heavy atom. The van der Waals surface area contributed by atoms with Crippen LogP contribution in [0.15, 0.2) is 23.1 Å². The second kappa shape index (κ2) is 7.29. The first-order valence-corrected chi connectivity index (χ1v) is 9.33. The van der Waals surface area contributed by atoms with Crippen LogP contribution < -0.4 is 5.32 Å². The summed E-state index contributed by atoms with van der Waals surface area (Å²) in [6.45, 7) is 4.18. The highest BCUT2D eigenvalue weighted by Gasteiger charge is 2.32. The van der Waals surface area contributed by atoms with Crippen LogP contribution in [-0.4, -0.2) is 38.4 Å². The van der Waals surface area contributed by atoms with Gasteiger partial charge >= 0.3 is 0 Å². The first kappa shape index (κ1) is 17.0. The monoisotopic (exact) mass is 350 g/mol. The van der Waals surface area contributed by atoms with Crippen LogP contribution in [0.5, 0.6) is 0 Å². The maximum Gasteiger partial charge on any atom is 0.243 e. The van der Waals surface area contributed by atoms with Crippen molar-refractivity contribution in [1.29, 1.82) is 0 Å². The van der Waals surface area contributed by atoms with Gasteiger partial charge in [-0.2, -0.15) is 4.31 Å². The van der Waals surface area contributed by atoms with Crippen molar-refractivity contribution in [2.24, 2.45) is 0 Å². The van der Waals surface area contributed by atoms with E-state index in [9.17, 15) is 8.42 Å². The van der Waals surface area contributed by atoms with Gasteiger partial charge in [0.05, 0.1) is 4.90 Å². The van der Waals surface area contributed by atoms with Gasteiger partial charge in [-0.1, -0.05) is 30.1 Å². The molecule has 118 valence electrons. The number of hydrogen-bond acceptors (Lipinski definition) is 3. The summed E-state index contributed by atoms with van der Waals surface area (Å²) in [5.74, 6) is 0. The van der Waals surface area contributed by atoms with Crippen molar-refractivity contribution in [3.63, 3.8) is 0 Å². The van der Waals surface area contributed by atoms with Crippen molar-refractivity contribution >= 4 is 33.2 Å². The first-order valence-electron chi connectivity index (χ1n) is 7.14. The zero-order valence-corrected chi connectivity index (χ0v) is 14.3. The maximum atomic E-state index is 12.9. The molecular weight excluding hydrogens is 331 g/mol. The molecule has 1 heterocycles. The summed E-state index contributed by atoms with van der Waals surface area (Å²) in [7, 11) is -3.57. The van der Waals surface area contributed by atoms with Crippen LogP contribution in [0.4, 0.5) is 0 Å². The Morgan fingerprint density at radius 1 is 1.19 bits per heavy atom.